The molecule has 2 fully saturated rings. The number of benzene rings is 1. The predicted octanol–water partition coefficient (Wildman–Crippen LogP) is 6.64. The average Bonchev–Trinajstić information content (AvgIpc) is 3.05. The maximum absolute atomic E-state index is 13.0. The van der Waals surface area contributed by atoms with E-state index in [1.54, 1.807) is 12.0 Å². The largest absolute Gasteiger partial charge is 0.741 e. The zero-order chi connectivity index (χ0) is 31.0. The highest BCUT2D eigenvalue weighted by Gasteiger charge is 2.60. The number of fused-ring (bicyclic) bond motifs is 3. The highest BCUT2D eigenvalue weighted by Crippen LogP contribution is 2.53. The Labute approximate surface area is 246 Å². The first kappa shape index (κ1) is 33.8. The van der Waals surface area contributed by atoms with Crippen molar-refractivity contribution >= 4 is 46.4 Å². The Bertz CT molecular complexity index is 1250. The Balaban J connectivity index is 0.000000507. The van der Waals surface area contributed by atoms with Crippen LogP contribution >= 0.6 is 0 Å². The summed E-state index contributed by atoms with van der Waals surface area (Å²) in [5.41, 5.74) is -2.17. The second-order valence-electron chi connectivity index (χ2n) is 12.8. The van der Waals surface area contributed by atoms with Crippen LogP contribution in [0, 0.1) is 11.8 Å². The van der Waals surface area contributed by atoms with Crippen LogP contribution in [0.15, 0.2) is 24.3 Å². The number of anilines is 1. The number of carbonyl (C=O) groups excluding carboxylic acids is 1. The molecule has 2 aliphatic heterocycles. The van der Waals surface area contributed by atoms with Crippen LogP contribution in [0.4, 0.5) is 23.7 Å². The Morgan fingerprint density at radius 3 is 2.41 bits per heavy atom. The molecule has 1 saturated carbocycles. The van der Waals surface area contributed by atoms with Gasteiger partial charge >= 0.3 is 11.6 Å². The van der Waals surface area contributed by atoms with Crippen LogP contribution in [-0.4, -0.2) is 68.7 Å². The molecule has 4 atom stereocenters. The van der Waals surface area contributed by atoms with Gasteiger partial charge in [-0.25, -0.2) is 13.2 Å². The molecule has 1 aromatic rings. The number of hydrogen-bond acceptors (Lipinski definition) is 6. The Morgan fingerprint density at radius 2 is 1.85 bits per heavy atom. The van der Waals surface area contributed by atoms with Gasteiger partial charge in [0.2, 0.25) is 0 Å². The van der Waals surface area contributed by atoms with Crippen LogP contribution in [0.1, 0.15) is 45.6 Å². The zero-order valence-corrected chi connectivity index (χ0v) is 27.5. The van der Waals surface area contributed by atoms with Crippen molar-refractivity contribution in [2.24, 2.45) is 11.8 Å². The van der Waals surface area contributed by atoms with Crippen LogP contribution in [0.5, 0.6) is 5.75 Å². The zero-order valence-electron chi connectivity index (χ0n) is 24.8. The molecular formula is C28H42F3NO6S2Si. The number of amides is 1. The lowest BCUT2D eigenvalue weighted by Gasteiger charge is -2.31. The van der Waals surface area contributed by atoms with Gasteiger partial charge in [0.15, 0.2) is 10.1 Å². The summed E-state index contributed by atoms with van der Waals surface area (Å²) in [4.78, 5) is 14.8. The number of nitrogens with zero attached hydrogens (tertiary/aromatic N) is 1. The second kappa shape index (κ2) is 12.5. The molecule has 1 saturated heterocycles. The molecule has 1 amide bonds. The van der Waals surface area contributed by atoms with Gasteiger partial charge in [0, 0.05) is 54.9 Å². The van der Waals surface area contributed by atoms with Gasteiger partial charge < -0.3 is 14.0 Å². The molecule has 1 unspecified atom stereocenters. The van der Waals surface area contributed by atoms with Crippen molar-refractivity contribution in [3.63, 3.8) is 0 Å². The standard InChI is InChI=1S/C27H42NO3SSi.CHF3O3S/c1-19-8-9-21-16-25(19)32(27(21,2)3)18-20-12-13-28(26(29)31-14-15-33(5,6)7)24-11-10-22(30-4)17-23(20)24;2-1(3,4)8(5,6)7/h10-12,17,19,21,25H,8-9,13-16,18H2,1-7H3;(H,5,6,7)/q+1;/p-1/t19-,21-,25-,32?;/m1./s1. The van der Waals surface area contributed by atoms with Gasteiger partial charge in [-0.05, 0) is 50.9 Å². The van der Waals surface area contributed by atoms with E-state index in [-0.39, 0.29) is 6.09 Å². The first-order chi connectivity index (χ1) is 18.8. The fraction of sp³-hybridized carbons (Fsp3) is 0.679. The predicted molar refractivity (Wildman–Crippen MR) is 160 cm³/mol. The minimum Gasteiger partial charge on any atom is -0.741 e. The monoisotopic (exact) mass is 637 g/mol. The van der Waals surface area contributed by atoms with Gasteiger partial charge in [-0.2, -0.15) is 13.2 Å². The normalized spacial score (nSPS) is 25.4. The van der Waals surface area contributed by atoms with Crippen molar-refractivity contribution in [1.29, 1.82) is 0 Å². The summed E-state index contributed by atoms with van der Waals surface area (Å²) in [5.74, 6) is 3.62. The third-order valence-corrected chi connectivity index (χ3v) is 14.4. The van der Waals surface area contributed by atoms with Crippen molar-refractivity contribution in [2.75, 3.05) is 30.9 Å². The summed E-state index contributed by atoms with van der Waals surface area (Å²) in [5, 5.41) is 0.832. The first-order valence-corrected chi connectivity index (χ1v) is 20.4. The Hall–Kier alpha value is -1.70. The molecule has 3 aliphatic rings. The topological polar surface area (TPSA) is 96.0 Å². The fourth-order valence-corrected chi connectivity index (χ4v) is 10.2. The maximum atomic E-state index is 13.0. The van der Waals surface area contributed by atoms with Crippen LogP contribution in [0.3, 0.4) is 0 Å². The first-order valence-electron chi connectivity index (χ1n) is 13.8. The van der Waals surface area contributed by atoms with E-state index in [0.29, 0.717) is 28.8 Å². The number of ether oxygens (including phenoxy) is 2. The van der Waals surface area contributed by atoms with Gasteiger partial charge in [0.25, 0.3) is 0 Å². The molecule has 2 bridgehead atoms. The number of alkyl halides is 3. The van der Waals surface area contributed by atoms with E-state index in [1.165, 1.54) is 24.8 Å². The Kier molecular flexibility index (Phi) is 10.3. The van der Waals surface area contributed by atoms with Crippen LogP contribution in [-0.2, 0) is 25.7 Å². The molecule has 2 heterocycles. The second-order valence-corrected chi connectivity index (χ2v) is 22.5. The molecule has 4 rings (SSSR count). The van der Waals surface area contributed by atoms with E-state index >= 15 is 0 Å². The van der Waals surface area contributed by atoms with Gasteiger partial charge in [-0.15, -0.1) is 0 Å². The SMILES string of the molecule is COc1ccc2c(c1)C(C[S+]1[C@@H]3C[C@@H](CC[C@H]3C)C1(C)C)=CCN2C(=O)OCC[Si](C)(C)C.O=S(=O)([O-])C(F)(F)F. The van der Waals surface area contributed by atoms with Crippen molar-refractivity contribution in [1.82, 2.24) is 0 Å². The summed E-state index contributed by atoms with van der Waals surface area (Å²) in [6.45, 7) is 15.5. The number of rotatable bonds is 6. The minimum absolute atomic E-state index is 0.233. The van der Waals surface area contributed by atoms with Crippen molar-refractivity contribution in [3.8, 4) is 5.75 Å². The molecule has 0 N–H and O–H groups in total. The molecule has 1 aliphatic carbocycles. The highest BCUT2D eigenvalue weighted by molar-refractivity contribution is 7.99. The molecule has 0 aromatic heterocycles. The average molecular weight is 638 g/mol. The molecule has 7 nitrogen and oxygen atoms in total. The third kappa shape index (κ3) is 8.02. The third-order valence-electron chi connectivity index (χ3n) is 8.40. The number of methoxy groups -OCH3 is 1. The quantitative estimate of drug-likeness (QED) is 0.150. The molecule has 0 radical (unpaired) electrons. The van der Waals surface area contributed by atoms with Gasteiger partial charge in [0.1, 0.15) is 21.5 Å². The summed E-state index contributed by atoms with van der Waals surface area (Å²) < 4.78 is 70.6. The van der Waals surface area contributed by atoms with Gasteiger partial charge in [-0.3, -0.25) is 4.90 Å². The van der Waals surface area contributed by atoms with Crippen LogP contribution in [0.25, 0.3) is 5.57 Å². The van der Waals surface area contributed by atoms with Crippen molar-refractivity contribution in [2.45, 2.75) is 81.2 Å². The number of hydrogen-bond donors (Lipinski definition) is 0. The number of halogens is 3. The molecule has 0 spiro atoms. The van der Waals surface area contributed by atoms with Gasteiger partial charge in [0.05, 0.1) is 19.4 Å². The molecular weight excluding hydrogens is 596 g/mol. The highest BCUT2D eigenvalue weighted by atomic mass is 32.2. The van der Waals surface area contributed by atoms with E-state index in [9.17, 15) is 18.0 Å². The van der Waals surface area contributed by atoms with E-state index < -0.39 is 23.7 Å². The lowest BCUT2D eigenvalue weighted by atomic mass is 9.78. The molecule has 41 heavy (non-hydrogen) atoms. The maximum Gasteiger partial charge on any atom is 0.485 e. The summed E-state index contributed by atoms with van der Waals surface area (Å²) >= 11 is 0. The van der Waals surface area contributed by atoms with Crippen molar-refractivity contribution in [3.05, 3.63) is 29.8 Å². The van der Waals surface area contributed by atoms with E-state index in [2.05, 4.69) is 52.6 Å². The summed E-state index contributed by atoms with van der Waals surface area (Å²) in [7, 11) is -5.28. The van der Waals surface area contributed by atoms with E-state index in [1.807, 2.05) is 12.1 Å². The summed E-state index contributed by atoms with van der Waals surface area (Å²) in [6, 6.07) is 7.10. The van der Waals surface area contributed by atoms with Crippen LogP contribution < -0.4 is 9.64 Å². The summed E-state index contributed by atoms with van der Waals surface area (Å²) in [6.07, 6.45) is 6.20. The molecule has 13 heteroatoms. The van der Waals surface area contributed by atoms with Crippen molar-refractivity contribution < 1.29 is 40.4 Å². The molecule has 232 valence electrons. The number of carbonyl (C=O) groups is 1. The van der Waals surface area contributed by atoms with Gasteiger partial charge in [-0.1, -0.05) is 32.6 Å². The lowest BCUT2D eigenvalue weighted by molar-refractivity contribution is -0.0517. The molecule has 1 aromatic carbocycles. The van der Waals surface area contributed by atoms with E-state index in [4.69, 9.17) is 22.4 Å². The lowest BCUT2D eigenvalue weighted by Crippen LogP contribution is -2.39. The fourth-order valence-electron chi connectivity index (χ4n) is 5.75. The Morgan fingerprint density at radius 1 is 1.22 bits per heavy atom. The van der Waals surface area contributed by atoms with Crippen LogP contribution in [0.2, 0.25) is 25.7 Å². The minimum atomic E-state index is -6.09. The van der Waals surface area contributed by atoms with E-state index in [0.717, 1.165) is 45.9 Å². The smallest absolute Gasteiger partial charge is 0.485 e.